The van der Waals surface area contributed by atoms with E-state index in [9.17, 15) is 9.90 Å². The van der Waals surface area contributed by atoms with E-state index in [0.717, 1.165) is 36.5 Å². The molecule has 3 rings (SSSR count). The quantitative estimate of drug-likeness (QED) is 0.927. The Kier molecular flexibility index (Phi) is 3.30. The van der Waals surface area contributed by atoms with Crippen LogP contribution in [0, 0.1) is 0 Å². The third kappa shape index (κ3) is 2.22. The summed E-state index contributed by atoms with van der Waals surface area (Å²) < 4.78 is 2.08. The fraction of sp³-hybridized carbons (Fsp3) is 0.375. The topological polar surface area (TPSA) is 55.1 Å². The van der Waals surface area contributed by atoms with Gasteiger partial charge in [0.05, 0.1) is 5.69 Å². The zero-order chi connectivity index (χ0) is 14.1. The number of aliphatic carboxylic acids is 1. The second-order valence-electron chi connectivity index (χ2n) is 5.33. The second-order valence-corrected chi connectivity index (χ2v) is 5.33. The molecule has 0 aliphatic heterocycles. The minimum Gasteiger partial charge on any atom is -0.481 e. The number of carboxylic acid groups (broad SMARTS) is 1. The van der Waals surface area contributed by atoms with Crippen molar-refractivity contribution in [1.82, 2.24) is 9.55 Å². The van der Waals surface area contributed by atoms with Crippen molar-refractivity contribution >= 4 is 5.97 Å². The van der Waals surface area contributed by atoms with E-state index in [1.807, 2.05) is 25.2 Å². The summed E-state index contributed by atoms with van der Waals surface area (Å²) in [5.74, 6) is -0.178. The molecule has 2 aromatic rings. The maximum absolute atomic E-state index is 11.2. The van der Waals surface area contributed by atoms with Crippen molar-refractivity contribution in [3.63, 3.8) is 0 Å². The number of aromatic nitrogens is 2. The fourth-order valence-electron chi connectivity index (χ4n) is 2.96. The molecule has 1 atom stereocenters. The lowest BCUT2D eigenvalue weighted by Gasteiger charge is -2.05. The molecular weight excluding hydrogens is 252 g/mol. The third-order valence-electron chi connectivity index (χ3n) is 4.12. The summed E-state index contributed by atoms with van der Waals surface area (Å²) in [5, 5.41) is 9.22. The lowest BCUT2D eigenvalue weighted by atomic mass is 10.1. The van der Waals surface area contributed by atoms with Crippen LogP contribution in [0.1, 0.15) is 35.1 Å². The Labute approximate surface area is 118 Å². The molecule has 1 aromatic carbocycles. The summed E-state index contributed by atoms with van der Waals surface area (Å²) in [6.07, 6.45) is 3.28. The summed E-state index contributed by atoms with van der Waals surface area (Å²) in [5.41, 5.74) is 3.16. The van der Waals surface area contributed by atoms with Gasteiger partial charge in [-0.2, -0.15) is 0 Å². The highest BCUT2D eigenvalue weighted by molar-refractivity contribution is 5.76. The average Bonchev–Trinajstić information content (AvgIpc) is 2.99. The van der Waals surface area contributed by atoms with Crippen molar-refractivity contribution in [3.8, 4) is 0 Å². The molecular formula is C16H18N2O2. The number of imidazole rings is 1. The predicted octanol–water partition coefficient (Wildman–Crippen LogP) is 2.32. The van der Waals surface area contributed by atoms with Gasteiger partial charge in [0.1, 0.15) is 11.7 Å². The van der Waals surface area contributed by atoms with Gasteiger partial charge in [-0.3, -0.25) is 4.79 Å². The largest absolute Gasteiger partial charge is 0.481 e. The van der Waals surface area contributed by atoms with E-state index < -0.39 is 11.9 Å². The molecule has 4 nitrogen and oxygen atoms in total. The van der Waals surface area contributed by atoms with E-state index in [1.165, 1.54) is 5.56 Å². The number of hydrogen-bond acceptors (Lipinski definition) is 2. The van der Waals surface area contributed by atoms with Gasteiger partial charge in [0, 0.05) is 19.2 Å². The number of benzene rings is 1. The van der Waals surface area contributed by atoms with Crippen molar-refractivity contribution in [2.45, 2.75) is 31.6 Å². The Balaban J connectivity index is 1.79. The highest BCUT2D eigenvalue weighted by atomic mass is 16.4. The van der Waals surface area contributed by atoms with Crippen molar-refractivity contribution in [2.24, 2.45) is 7.05 Å². The first-order chi connectivity index (χ1) is 9.66. The number of fused-ring (bicyclic) bond motifs is 1. The van der Waals surface area contributed by atoms with Crippen LogP contribution < -0.4 is 0 Å². The SMILES string of the molecule is Cn1c(CCc2ccccc2)nc2c1CCC2C(=O)O. The van der Waals surface area contributed by atoms with Gasteiger partial charge in [-0.25, -0.2) is 4.98 Å². The molecule has 0 radical (unpaired) electrons. The van der Waals surface area contributed by atoms with E-state index in [0.29, 0.717) is 6.42 Å². The Morgan fingerprint density at radius 2 is 2.10 bits per heavy atom. The summed E-state index contributed by atoms with van der Waals surface area (Å²) in [6, 6.07) is 10.3. The Hall–Kier alpha value is -2.10. The molecule has 1 aromatic heterocycles. The van der Waals surface area contributed by atoms with Crippen molar-refractivity contribution in [2.75, 3.05) is 0 Å². The highest BCUT2D eigenvalue weighted by Gasteiger charge is 2.33. The molecule has 1 aliphatic rings. The summed E-state index contributed by atoms with van der Waals surface area (Å²) in [4.78, 5) is 15.8. The molecule has 1 heterocycles. The molecule has 4 heteroatoms. The van der Waals surface area contributed by atoms with Crippen molar-refractivity contribution < 1.29 is 9.90 Å². The van der Waals surface area contributed by atoms with Crippen LogP contribution >= 0.6 is 0 Å². The minimum atomic E-state index is -0.753. The van der Waals surface area contributed by atoms with Gasteiger partial charge in [0.2, 0.25) is 0 Å². The van der Waals surface area contributed by atoms with Crippen LogP contribution in [0.25, 0.3) is 0 Å². The fourth-order valence-corrected chi connectivity index (χ4v) is 2.96. The zero-order valence-corrected chi connectivity index (χ0v) is 11.5. The lowest BCUT2D eigenvalue weighted by Crippen LogP contribution is -2.09. The summed E-state index contributed by atoms with van der Waals surface area (Å²) in [6.45, 7) is 0. The van der Waals surface area contributed by atoms with E-state index in [-0.39, 0.29) is 0 Å². The van der Waals surface area contributed by atoms with Crippen LogP contribution in [0.2, 0.25) is 0 Å². The normalized spacial score (nSPS) is 17.1. The molecule has 1 N–H and O–H groups in total. The van der Waals surface area contributed by atoms with Gasteiger partial charge in [-0.05, 0) is 24.8 Å². The van der Waals surface area contributed by atoms with Gasteiger partial charge in [-0.1, -0.05) is 30.3 Å². The van der Waals surface area contributed by atoms with Crippen molar-refractivity contribution in [3.05, 3.63) is 53.1 Å². The van der Waals surface area contributed by atoms with Gasteiger partial charge in [0.25, 0.3) is 0 Å². The standard InChI is InChI=1S/C16H18N2O2/c1-18-13-9-8-12(16(19)20)15(13)17-14(18)10-7-11-5-3-2-4-6-11/h2-6,12H,7-10H2,1H3,(H,19,20). The summed E-state index contributed by atoms with van der Waals surface area (Å²) >= 11 is 0. The Morgan fingerprint density at radius 1 is 1.35 bits per heavy atom. The number of rotatable bonds is 4. The molecule has 0 saturated carbocycles. The van der Waals surface area contributed by atoms with Crippen LogP contribution in [-0.2, 0) is 31.1 Å². The first-order valence-electron chi connectivity index (χ1n) is 6.98. The van der Waals surface area contributed by atoms with Crippen LogP contribution in [0.3, 0.4) is 0 Å². The van der Waals surface area contributed by atoms with Gasteiger partial charge >= 0.3 is 5.97 Å². The van der Waals surface area contributed by atoms with Crippen LogP contribution in [0.5, 0.6) is 0 Å². The first kappa shape index (κ1) is 12.9. The van der Waals surface area contributed by atoms with E-state index in [4.69, 9.17) is 0 Å². The molecule has 0 bridgehead atoms. The van der Waals surface area contributed by atoms with Gasteiger partial charge in [-0.15, -0.1) is 0 Å². The molecule has 0 amide bonds. The monoisotopic (exact) mass is 270 g/mol. The van der Waals surface area contributed by atoms with Gasteiger partial charge < -0.3 is 9.67 Å². The lowest BCUT2D eigenvalue weighted by molar-refractivity contribution is -0.138. The highest BCUT2D eigenvalue weighted by Crippen LogP contribution is 2.33. The summed E-state index contributed by atoms with van der Waals surface area (Å²) in [7, 11) is 2.00. The molecule has 0 saturated heterocycles. The minimum absolute atomic E-state index is 0.415. The van der Waals surface area contributed by atoms with Crippen LogP contribution in [-0.4, -0.2) is 20.6 Å². The number of carbonyl (C=O) groups is 1. The Bertz CT molecular complexity index is 631. The molecule has 20 heavy (non-hydrogen) atoms. The van der Waals surface area contributed by atoms with E-state index >= 15 is 0 Å². The number of aryl methyl sites for hydroxylation is 2. The molecule has 1 aliphatic carbocycles. The number of nitrogens with zero attached hydrogens (tertiary/aromatic N) is 2. The smallest absolute Gasteiger partial charge is 0.312 e. The maximum atomic E-state index is 11.2. The predicted molar refractivity (Wildman–Crippen MR) is 75.8 cm³/mol. The van der Waals surface area contributed by atoms with E-state index in [1.54, 1.807) is 0 Å². The molecule has 0 spiro atoms. The van der Waals surface area contributed by atoms with E-state index in [2.05, 4.69) is 21.7 Å². The van der Waals surface area contributed by atoms with Gasteiger partial charge in [0.15, 0.2) is 0 Å². The molecule has 104 valence electrons. The van der Waals surface area contributed by atoms with Crippen LogP contribution in [0.4, 0.5) is 0 Å². The average molecular weight is 270 g/mol. The number of hydrogen-bond donors (Lipinski definition) is 1. The maximum Gasteiger partial charge on any atom is 0.312 e. The zero-order valence-electron chi connectivity index (χ0n) is 11.5. The number of carboxylic acids is 1. The molecule has 0 fully saturated rings. The van der Waals surface area contributed by atoms with Crippen molar-refractivity contribution in [1.29, 1.82) is 0 Å². The molecule has 1 unspecified atom stereocenters. The third-order valence-corrected chi connectivity index (χ3v) is 4.12. The van der Waals surface area contributed by atoms with Crippen LogP contribution in [0.15, 0.2) is 30.3 Å². The second kappa shape index (κ2) is 5.12. The first-order valence-corrected chi connectivity index (χ1v) is 6.98. The Morgan fingerprint density at radius 3 is 2.80 bits per heavy atom.